The van der Waals surface area contributed by atoms with Crippen molar-refractivity contribution >= 4 is 28.5 Å². The number of esters is 1. The molecule has 5 nitrogen and oxygen atoms in total. The van der Waals surface area contributed by atoms with Crippen LogP contribution in [-0.4, -0.2) is 11.0 Å². The van der Waals surface area contributed by atoms with E-state index in [0.717, 1.165) is 16.5 Å². The van der Waals surface area contributed by atoms with E-state index in [1.165, 1.54) is 24.4 Å². The molecule has 3 aromatic rings. The van der Waals surface area contributed by atoms with E-state index in [0.29, 0.717) is 21.9 Å². The number of ether oxygens (including phenoxy) is 1. The lowest BCUT2D eigenvalue weighted by molar-refractivity contribution is 0.0473. The first-order chi connectivity index (χ1) is 11.4. The third-order valence-electron chi connectivity index (χ3n) is 3.77. The van der Waals surface area contributed by atoms with Crippen LogP contribution in [0.3, 0.4) is 0 Å². The number of hydrogen-bond donors (Lipinski definition) is 0. The van der Waals surface area contributed by atoms with Gasteiger partial charge in [0.2, 0.25) is 0 Å². The second-order valence-electron chi connectivity index (χ2n) is 5.47. The Morgan fingerprint density at radius 1 is 1.21 bits per heavy atom. The number of rotatable bonds is 3. The summed E-state index contributed by atoms with van der Waals surface area (Å²) in [6.45, 7) is 3.87. The minimum absolute atomic E-state index is 0.0357. The minimum Gasteiger partial charge on any atom is -0.457 e. The molecule has 0 aliphatic heterocycles. The topological polar surface area (TPSA) is 69.4 Å². The Hall–Kier alpha value is -2.66. The lowest BCUT2D eigenvalue weighted by atomic mass is 10.0. The molecule has 0 fully saturated rings. The third-order valence-corrected chi connectivity index (χ3v) is 3.99. The van der Waals surface area contributed by atoms with Gasteiger partial charge in [0.15, 0.2) is 0 Å². The van der Waals surface area contributed by atoms with Crippen LogP contribution >= 0.6 is 11.6 Å². The van der Waals surface area contributed by atoms with Gasteiger partial charge in [0.05, 0.1) is 5.56 Å². The fourth-order valence-corrected chi connectivity index (χ4v) is 2.44. The summed E-state index contributed by atoms with van der Waals surface area (Å²) in [5.41, 5.74) is 2.96. The molecule has 24 heavy (non-hydrogen) atoms. The second-order valence-corrected chi connectivity index (χ2v) is 5.86. The Bertz CT molecular complexity index is 977. The van der Waals surface area contributed by atoms with Crippen molar-refractivity contribution < 1.29 is 13.9 Å². The fourth-order valence-electron chi connectivity index (χ4n) is 2.33. The third kappa shape index (κ3) is 3.31. The van der Waals surface area contributed by atoms with Gasteiger partial charge in [-0.25, -0.2) is 14.6 Å². The number of pyridine rings is 1. The number of aryl methyl sites for hydroxylation is 2. The van der Waals surface area contributed by atoms with Crippen molar-refractivity contribution in [3.63, 3.8) is 0 Å². The standard InChI is InChI=1S/C18H14ClNO4/c1-10-5-14-13(7-17(21)24-15(14)6-11(10)2)9-23-18(22)12-3-4-16(19)20-8-12/h3-8H,9H2,1-2H3. The Morgan fingerprint density at radius 2 is 1.96 bits per heavy atom. The molecule has 0 saturated heterocycles. The van der Waals surface area contributed by atoms with E-state index in [4.69, 9.17) is 20.8 Å². The normalized spacial score (nSPS) is 10.8. The fraction of sp³-hybridized carbons (Fsp3) is 0.167. The van der Waals surface area contributed by atoms with E-state index in [1.54, 1.807) is 6.07 Å². The quantitative estimate of drug-likeness (QED) is 0.411. The first-order valence-electron chi connectivity index (χ1n) is 7.27. The average molecular weight is 344 g/mol. The molecule has 0 atom stereocenters. The van der Waals surface area contributed by atoms with Crippen LogP contribution in [0.2, 0.25) is 5.15 Å². The molecule has 0 N–H and O–H groups in total. The lowest BCUT2D eigenvalue weighted by Gasteiger charge is -2.09. The van der Waals surface area contributed by atoms with Crippen molar-refractivity contribution in [1.82, 2.24) is 4.98 Å². The molecule has 2 heterocycles. The number of halogens is 1. The van der Waals surface area contributed by atoms with Gasteiger partial charge in [-0.3, -0.25) is 0 Å². The van der Waals surface area contributed by atoms with Crippen molar-refractivity contribution in [3.05, 3.63) is 74.4 Å². The molecule has 0 amide bonds. The molecule has 0 unspecified atom stereocenters. The highest BCUT2D eigenvalue weighted by molar-refractivity contribution is 6.29. The van der Waals surface area contributed by atoms with Gasteiger partial charge in [-0.15, -0.1) is 0 Å². The van der Waals surface area contributed by atoms with Crippen molar-refractivity contribution in [1.29, 1.82) is 0 Å². The van der Waals surface area contributed by atoms with E-state index in [2.05, 4.69) is 4.98 Å². The SMILES string of the molecule is Cc1cc2oc(=O)cc(COC(=O)c3ccc(Cl)nc3)c2cc1C. The van der Waals surface area contributed by atoms with Gasteiger partial charge in [0.25, 0.3) is 0 Å². The number of benzene rings is 1. The number of aromatic nitrogens is 1. The first kappa shape index (κ1) is 16.2. The van der Waals surface area contributed by atoms with Crippen molar-refractivity contribution in [2.45, 2.75) is 20.5 Å². The summed E-state index contributed by atoms with van der Waals surface area (Å²) >= 11 is 5.69. The number of nitrogens with zero attached hydrogens (tertiary/aromatic N) is 1. The van der Waals surface area contributed by atoms with Gasteiger partial charge < -0.3 is 9.15 Å². The molecule has 0 bridgehead atoms. The van der Waals surface area contributed by atoms with E-state index in [9.17, 15) is 9.59 Å². The Labute approximate surface area is 142 Å². The lowest BCUT2D eigenvalue weighted by Crippen LogP contribution is -2.08. The maximum absolute atomic E-state index is 12.1. The monoisotopic (exact) mass is 343 g/mol. The number of fused-ring (bicyclic) bond motifs is 1. The summed E-state index contributed by atoms with van der Waals surface area (Å²) in [5.74, 6) is -0.538. The Kier molecular flexibility index (Phi) is 4.36. The Morgan fingerprint density at radius 3 is 2.67 bits per heavy atom. The summed E-state index contributed by atoms with van der Waals surface area (Å²) in [4.78, 5) is 27.6. The predicted octanol–water partition coefficient (Wildman–Crippen LogP) is 3.82. The van der Waals surface area contributed by atoms with Crippen LogP contribution in [-0.2, 0) is 11.3 Å². The predicted molar refractivity (Wildman–Crippen MR) is 90.3 cm³/mol. The van der Waals surface area contributed by atoms with Crippen LogP contribution in [0.4, 0.5) is 0 Å². The molecule has 0 radical (unpaired) electrons. The van der Waals surface area contributed by atoms with Gasteiger partial charge in [-0.1, -0.05) is 11.6 Å². The van der Waals surface area contributed by atoms with Gasteiger partial charge in [0.1, 0.15) is 17.3 Å². The summed E-state index contributed by atoms with van der Waals surface area (Å²) in [7, 11) is 0. The molecule has 3 rings (SSSR count). The van der Waals surface area contributed by atoms with Crippen molar-refractivity contribution in [2.75, 3.05) is 0 Å². The van der Waals surface area contributed by atoms with Gasteiger partial charge in [0, 0.05) is 23.2 Å². The highest BCUT2D eigenvalue weighted by Gasteiger charge is 2.12. The van der Waals surface area contributed by atoms with E-state index in [-0.39, 0.29) is 6.61 Å². The first-order valence-corrected chi connectivity index (χ1v) is 7.64. The molecule has 0 spiro atoms. The van der Waals surface area contributed by atoms with Crippen LogP contribution in [0.25, 0.3) is 11.0 Å². The minimum atomic E-state index is -0.538. The molecule has 6 heteroatoms. The highest BCUT2D eigenvalue weighted by Crippen LogP contribution is 2.22. The molecule has 0 aliphatic rings. The van der Waals surface area contributed by atoms with Crippen molar-refractivity contribution in [2.24, 2.45) is 0 Å². The maximum atomic E-state index is 12.1. The van der Waals surface area contributed by atoms with Gasteiger partial charge in [-0.2, -0.15) is 0 Å². The van der Waals surface area contributed by atoms with Crippen LogP contribution in [0.15, 0.2) is 45.7 Å². The van der Waals surface area contributed by atoms with E-state index < -0.39 is 11.6 Å². The van der Waals surface area contributed by atoms with E-state index >= 15 is 0 Å². The van der Waals surface area contributed by atoms with Crippen molar-refractivity contribution in [3.8, 4) is 0 Å². The largest absolute Gasteiger partial charge is 0.457 e. The van der Waals surface area contributed by atoms with E-state index in [1.807, 2.05) is 19.9 Å². The Balaban J connectivity index is 1.89. The molecular weight excluding hydrogens is 330 g/mol. The molecule has 0 aliphatic carbocycles. The summed E-state index contributed by atoms with van der Waals surface area (Å²) in [6, 6.07) is 8.10. The number of carbonyl (C=O) groups excluding carboxylic acids is 1. The summed E-state index contributed by atoms with van der Waals surface area (Å²) in [5, 5.41) is 1.05. The molecular formula is C18H14ClNO4. The smallest absolute Gasteiger partial charge is 0.340 e. The van der Waals surface area contributed by atoms with Crippen LogP contribution in [0, 0.1) is 13.8 Å². The highest BCUT2D eigenvalue weighted by atomic mass is 35.5. The van der Waals surface area contributed by atoms with Crippen LogP contribution in [0.1, 0.15) is 27.0 Å². The number of hydrogen-bond acceptors (Lipinski definition) is 5. The zero-order valence-corrected chi connectivity index (χ0v) is 13.9. The summed E-state index contributed by atoms with van der Waals surface area (Å²) < 4.78 is 10.5. The van der Waals surface area contributed by atoms with Crippen LogP contribution < -0.4 is 5.63 Å². The zero-order valence-electron chi connectivity index (χ0n) is 13.1. The average Bonchev–Trinajstić information content (AvgIpc) is 2.54. The summed E-state index contributed by atoms with van der Waals surface area (Å²) in [6.07, 6.45) is 1.34. The maximum Gasteiger partial charge on any atom is 0.340 e. The van der Waals surface area contributed by atoms with Gasteiger partial charge in [-0.05, 0) is 49.2 Å². The number of carbonyl (C=O) groups is 1. The second kappa shape index (κ2) is 6.45. The molecule has 122 valence electrons. The molecule has 0 saturated carbocycles. The van der Waals surface area contributed by atoms with Crippen LogP contribution in [0.5, 0.6) is 0 Å². The van der Waals surface area contributed by atoms with Gasteiger partial charge >= 0.3 is 11.6 Å². The zero-order chi connectivity index (χ0) is 17.3. The molecule has 2 aromatic heterocycles. The molecule has 1 aromatic carbocycles.